The van der Waals surface area contributed by atoms with Crippen LogP contribution in [-0.2, 0) is 4.74 Å². The predicted molar refractivity (Wildman–Crippen MR) is 79.2 cm³/mol. The Bertz CT molecular complexity index is 488. The van der Waals surface area contributed by atoms with E-state index in [4.69, 9.17) is 4.74 Å². The summed E-state index contributed by atoms with van der Waals surface area (Å²) in [5.74, 6) is 0.939. The van der Waals surface area contributed by atoms with Crippen LogP contribution in [0.3, 0.4) is 0 Å². The highest BCUT2D eigenvalue weighted by molar-refractivity contribution is 5.95. The van der Waals surface area contributed by atoms with E-state index in [1.807, 2.05) is 13.0 Å². The minimum absolute atomic E-state index is 0.0619. The van der Waals surface area contributed by atoms with Crippen molar-refractivity contribution in [2.45, 2.75) is 45.3 Å². The van der Waals surface area contributed by atoms with Gasteiger partial charge in [0, 0.05) is 24.9 Å². The van der Waals surface area contributed by atoms with E-state index in [-0.39, 0.29) is 24.0 Å². The fraction of sp³-hybridized carbons (Fsp3) is 0.600. The SMILES string of the molecule is CNc1cc(C(=O)NC2CCOC2C)cc(C(C)C)n1. The summed E-state index contributed by atoms with van der Waals surface area (Å²) in [5.41, 5.74) is 1.56. The molecule has 0 saturated carbocycles. The Labute approximate surface area is 120 Å². The zero-order chi connectivity index (χ0) is 14.7. The van der Waals surface area contributed by atoms with Gasteiger partial charge in [-0.15, -0.1) is 0 Å². The van der Waals surface area contributed by atoms with Crippen molar-refractivity contribution in [3.8, 4) is 0 Å². The normalized spacial score (nSPS) is 22.1. The number of rotatable bonds is 4. The molecule has 1 aromatic heterocycles. The number of hydrogen-bond donors (Lipinski definition) is 2. The Balaban J connectivity index is 2.18. The summed E-state index contributed by atoms with van der Waals surface area (Å²) in [7, 11) is 1.81. The average molecular weight is 277 g/mol. The zero-order valence-electron chi connectivity index (χ0n) is 12.6. The van der Waals surface area contributed by atoms with Gasteiger partial charge in [0.1, 0.15) is 5.82 Å². The van der Waals surface area contributed by atoms with Gasteiger partial charge in [0.2, 0.25) is 0 Å². The molecule has 1 aliphatic heterocycles. The summed E-state index contributed by atoms with van der Waals surface area (Å²) in [4.78, 5) is 16.8. The molecular formula is C15H23N3O2. The molecule has 0 bridgehead atoms. The number of ether oxygens (including phenoxy) is 1. The minimum Gasteiger partial charge on any atom is -0.376 e. The number of carbonyl (C=O) groups is 1. The molecule has 1 amide bonds. The van der Waals surface area contributed by atoms with E-state index in [9.17, 15) is 4.79 Å². The fourth-order valence-electron chi connectivity index (χ4n) is 2.28. The van der Waals surface area contributed by atoms with E-state index >= 15 is 0 Å². The van der Waals surface area contributed by atoms with Crippen LogP contribution in [0.5, 0.6) is 0 Å². The lowest BCUT2D eigenvalue weighted by Crippen LogP contribution is -2.39. The maximum atomic E-state index is 12.4. The Morgan fingerprint density at radius 2 is 2.20 bits per heavy atom. The van der Waals surface area contributed by atoms with Gasteiger partial charge in [-0.05, 0) is 31.4 Å². The van der Waals surface area contributed by atoms with Crippen LogP contribution in [0.4, 0.5) is 5.82 Å². The largest absolute Gasteiger partial charge is 0.376 e. The van der Waals surface area contributed by atoms with E-state index in [1.165, 1.54) is 0 Å². The zero-order valence-corrected chi connectivity index (χ0v) is 12.6. The third-order valence-corrected chi connectivity index (χ3v) is 3.65. The second kappa shape index (κ2) is 6.22. The number of nitrogens with one attached hydrogen (secondary N) is 2. The van der Waals surface area contributed by atoms with Crippen LogP contribution in [0, 0.1) is 0 Å². The molecule has 0 aliphatic carbocycles. The predicted octanol–water partition coefficient (Wildman–Crippen LogP) is 2.15. The second-order valence-corrected chi connectivity index (χ2v) is 5.52. The first-order valence-electron chi connectivity index (χ1n) is 7.13. The molecule has 1 fully saturated rings. The van der Waals surface area contributed by atoms with Gasteiger partial charge in [0.05, 0.1) is 12.1 Å². The van der Waals surface area contributed by atoms with Gasteiger partial charge in [-0.1, -0.05) is 13.8 Å². The van der Waals surface area contributed by atoms with Crippen LogP contribution >= 0.6 is 0 Å². The highest BCUT2D eigenvalue weighted by Crippen LogP contribution is 2.19. The van der Waals surface area contributed by atoms with Crippen molar-refractivity contribution in [1.29, 1.82) is 0 Å². The van der Waals surface area contributed by atoms with E-state index in [0.717, 1.165) is 17.9 Å². The molecule has 110 valence electrons. The highest BCUT2D eigenvalue weighted by atomic mass is 16.5. The first-order chi connectivity index (χ1) is 9.51. The van der Waals surface area contributed by atoms with Crippen LogP contribution in [0.15, 0.2) is 12.1 Å². The van der Waals surface area contributed by atoms with Crippen molar-refractivity contribution in [3.05, 3.63) is 23.4 Å². The number of carbonyl (C=O) groups excluding carboxylic acids is 1. The van der Waals surface area contributed by atoms with Crippen LogP contribution in [0.2, 0.25) is 0 Å². The Morgan fingerprint density at radius 1 is 1.45 bits per heavy atom. The van der Waals surface area contributed by atoms with Crippen LogP contribution in [0.25, 0.3) is 0 Å². The second-order valence-electron chi connectivity index (χ2n) is 5.52. The average Bonchev–Trinajstić information content (AvgIpc) is 2.83. The van der Waals surface area contributed by atoms with Crippen molar-refractivity contribution in [1.82, 2.24) is 10.3 Å². The first kappa shape index (κ1) is 14.8. The van der Waals surface area contributed by atoms with E-state index in [0.29, 0.717) is 12.2 Å². The molecule has 5 heteroatoms. The van der Waals surface area contributed by atoms with Crippen LogP contribution in [0.1, 0.15) is 49.2 Å². The molecule has 1 aromatic rings. The van der Waals surface area contributed by atoms with Crippen molar-refractivity contribution >= 4 is 11.7 Å². The van der Waals surface area contributed by atoms with Gasteiger partial charge in [-0.2, -0.15) is 0 Å². The number of hydrogen-bond acceptors (Lipinski definition) is 4. The van der Waals surface area contributed by atoms with Gasteiger partial charge in [0.15, 0.2) is 0 Å². The molecule has 5 nitrogen and oxygen atoms in total. The molecule has 1 aliphatic rings. The number of nitrogens with zero attached hydrogens (tertiary/aromatic N) is 1. The lowest BCUT2D eigenvalue weighted by Gasteiger charge is -2.17. The van der Waals surface area contributed by atoms with Gasteiger partial charge >= 0.3 is 0 Å². The standard InChI is InChI=1S/C15H23N3O2/c1-9(2)13-7-11(8-14(16-4)17-13)15(19)18-12-5-6-20-10(12)3/h7-10,12H,5-6H2,1-4H3,(H,16,17)(H,18,19). The molecule has 1 saturated heterocycles. The smallest absolute Gasteiger partial charge is 0.251 e. The molecule has 2 unspecified atom stereocenters. The van der Waals surface area contributed by atoms with Crippen LogP contribution < -0.4 is 10.6 Å². The topological polar surface area (TPSA) is 63.2 Å². The number of aromatic nitrogens is 1. The molecule has 2 N–H and O–H groups in total. The van der Waals surface area contributed by atoms with Crippen molar-refractivity contribution in [3.63, 3.8) is 0 Å². The van der Waals surface area contributed by atoms with Gasteiger partial charge < -0.3 is 15.4 Å². The van der Waals surface area contributed by atoms with Crippen molar-refractivity contribution in [2.24, 2.45) is 0 Å². The van der Waals surface area contributed by atoms with Crippen LogP contribution in [-0.4, -0.2) is 36.7 Å². The number of amides is 1. The summed E-state index contributed by atoms with van der Waals surface area (Å²) >= 11 is 0. The third-order valence-electron chi connectivity index (χ3n) is 3.65. The van der Waals surface area contributed by atoms with E-state index in [1.54, 1.807) is 13.1 Å². The van der Waals surface area contributed by atoms with Gasteiger partial charge in [0.25, 0.3) is 5.91 Å². The molecule has 2 rings (SSSR count). The maximum Gasteiger partial charge on any atom is 0.251 e. The Morgan fingerprint density at radius 3 is 2.75 bits per heavy atom. The van der Waals surface area contributed by atoms with E-state index in [2.05, 4.69) is 29.5 Å². The third kappa shape index (κ3) is 3.28. The molecule has 20 heavy (non-hydrogen) atoms. The van der Waals surface area contributed by atoms with E-state index < -0.39 is 0 Å². The molecule has 0 radical (unpaired) electrons. The summed E-state index contributed by atoms with van der Waals surface area (Å²) in [6.07, 6.45) is 0.947. The Hall–Kier alpha value is -1.62. The first-order valence-corrected chi connectivity index (χ1v) is 7.13. The molecular weight excluding hydrogens is 254 g/mol. The van der Waals surface area contributed by atoms with Gasteiger partial charge in [-0.25, -0.2) is 4.98 Å². The Kier molecular flexibility index (Phi) is 4.60. The fourth-order valence-corrected chi connectivity index (χ4v) is 2.28. The van der Waals surface area contributed by atoms with Crippen molar-refractivity contribution in [2.75, 3.05) is 19.0 Å². The highest BCUT2D eigenvalue weighted by Gasteiger charge is 2.26. The molecule has 2 atom stereocenters. The number of anilines is 1. The number of pyridine rings is 1. The molecule has 0 spiro atoms. The van der Waals surface area contributed by atoms with Crippen molar-refractivity contribution < 1.29 is 9.53 Å². The quantitative estimate of drug-likeness (QED) is 0.885. The van der Waals surface area contributed by atoms with Gasteiger partial charge in [-0.3, -0.25) is 4.79 Å². The molecule has 2 heterocycles. The summed E-state index contributed by atoms with van der Waals surface area (Å²) in [6.45, 7) is 6.83. The summed E-state index contributed by atoms with van der Waals surface area (Å²) < 4.78 is 5.47. The molecule has 0 aromatic carbocycles. The lowest BCUT2D eigenvalue weighted by molar-refractivity contribution is 0.0866. The summed E-state index contributed by atoms with van der Waals surface area (Å²) in [5, 5.41) is 6.05. The lowest BCUT2D eigenvalue weighted by atomic mass is 10.1. The summed E-state index contributed by atoms with van der Waals surface area (Å²) in [6, 6.07) is 3.74. The monoisotopic (exact) mass is 277 g/mol. The minimum atomic E-state index is -0.0619. The maximum absolute atomic E-state index is 12.4.